The van der Waals surface area contributed by atoms with Crippen molar-refractivity contribution < 1.29 is 13.2 Å². The largest absolute Gasteiger partial charge is 0.368 e. The number of nitrogens with one attached hydrogen (secondary N) is 1. The van der Waals surface area contributed by atoms with E-state index in [-0.39, 0.29) is 4.90 Å². The summed E-state index contributed by atoms with van der Waals surface area (Å²) in [6.45, 7) is 0. The summed E-state index contributed by atoms with van der Waals surface area (Å²) >= 11 is 0. The highest BCUT2D eigenvalue weighted by Gasteiger charge is 2.25. The molecular weight excluding hydrogens is 324 g/mol. The van der Waals surface area contributed by atoms with Gasteiger partial charge in [0, 0.05) is 0 Å². The van der Waals surface area contributed by atoms with Crippen molar-refractivity contribution in [2.45, 2.75) is 10.9 Å². The number of carbonyl (C=O) groups excluding carboxylic acids is 1. The van der Waals surface area contributed by atoms with E-state index < -0.39 is 22.0 Å². The average molecular weight is 340 g/mol. The van der Waals surface area contributed by atoms with Crippen LogP contribution in [0.2, 0.25) is 0 Å². The molecule has 0 radical (unpaired) electrons. The van der Waals surface area contributed by atoms with Gasteiger partial charge in [0.1, 0.15) is 6.04 Å². The summed E-state index contributed by atoms with van der Waals surface area (Å²) in [6.07, 6.45) is 0. The van der Waals surface area contributed by atoms with E-state index >= 15 is 0 Å². The highest BCUT2D eigenvalue weighted by atomic mass is 32.2. The van der Waals surface area contributed by atoms with Crippen LogP contribution >= 0.6 is 0 Å². The molecule has 3 rings (SSSR count). The number of hydrogen-bond donors (Lipinski definition) is 2. The van der Waals surface area contributed by atoms with Gasteiger partial charge in [-0.1, -0.05) is 60.7 Å². The molecule has 0 heterocycles. The number of sulfonamides is 1. The Labute approximate surface area is 140 Å². The normalized spacial score (nSPS) is 12.8. The van der Waals surface area contributed by atoms with E-state index in [4.69, 9.17) is 5.73 Å². The molecule has 3 N–H and O–H groups in total. The van der Waals surface area contributed by atoms with Crippen LogP contribution in [0.15, 0.2) is 77.7 Å². The molecule has 0 unspecified atom stereocenters. The molecule has 0 saturated carbocycles. The molecule has 0 spiro atoms. The monoisotopic (exact) mass is 340 g/mol. The van der Waals surface area contributed by atoms with E-state index in [9.17, 15) is 13.2 Å². The Morgan fingerprint density at radius 2 is 1.50 bits per heavy atom. The van der Waals surface area contributed by atoms with E-state index in [0.717, 1.165) is 10.8 Å². The Balaban J connectivity index is 1.97. The van der Waals surface area contributed by atoms with E-state index in [1.165, 1.54) is 6.07 Å². The maximum atomic E-state index is 12.6. The van der Waals surface area contributed by atoms with Gasteiger partial charge < -0.3 is 5.73 Å². The minimum Gasteiger partial charge on any atom is -0.368 e. The van der Waals surface area contributed by atoms with Crippen LogP contribution in [0, 0.1) is 0 Å². The quantitative estimate of drug-likeness (QED) is 0.747. The van der Waals surface area contributed by atoms with Gasteiger partial charge in [0.15, 0.2) is 0 Å². The highest BCUT2D eigenvalue weighted by molar-refractivity contribution is 7.89. The number of carbonyl (C=O) groups is 1. The number of fused-ring (bicyclic) bond motifs is 1. The molecule has 122 valence electrons. The molecule has 24 heavy (non-hydrogen) atoms. The SMILES string of the molecule is NC(=O)[C@H](NS(=O)(=O)c1ccc2ccccc2c1)c1ccccc1. The average Bonchev–Trinajstić information content (AvgIpc) is 2.60. The molecular formula is C18H16N2O3S. The molecule has 0 aromatic heterocycles. The predicted molar refractivity (Wildman–Crippen MR) is 92.6 cm³/mol. The molecule has 3 aromatic rings. The standard InChI is InChI=1S/C18H16N2O3S/c19-18(21)17(14-7-2-1-3-8-14)20-24(22,23)16-11-10-13-6-4-5-9-15(13)12-16/h1-12,17,20H,(H2,19,21)/t17-/m1/s1. The molecule has 0 bridgehead atoms. The van der Waals surface area contributed by atoms with Crippen LogP contribution in [0.3, 0.4) is 0 Å². The second kappa shape index (κ2) is 6.43. The van der Waals surface area contributed by atoms with Gasteiger partial charge in [0.25, 0.3) is 0 Å². The van der Waals surface area contributed by atoms with Gasteiger partial charge in [0.05, 0.1) is 4.90 Å². The third kappa shape index (κ3) is 3.29. The van der Waals surface area contributed by atoms with E-state index in [0.29, 0.717) is 5.56 Å². The fraction of sp³-hybridized carbons (Fsp3) is 0.0556. The fourth-order valence-electron chi connectivity index (χ4n) is 2.49. The van der Waals surface area contributed by atoms with Crippen molar-refractivity contribution >= 4 is 26.7 Å². The number of primary amides is 1. The summed E-state index contributed by atoms with van der Waals surface area (Å²) in [7, 11) is -3.89. The Bertz CT molecular complexity index is 985. The topological polar surface area (TPSA) is 89.3 Å². The first-order chi connectivity index (χ1) is 11.5. The maximum Gasteiger partial charge on any atom is 0.241 e. The molecule has 0 aliphatic carbocycles. The van der Waals surface area contributed by atoms with Gasteiger partial charge in [-0.2, -0.15) is 4.72 Å². The summed E-state index contributed by atoms with van der Waals surface area (Å²) in [6, 6.07) is 19.6. The first kappa shape index (κ1) is 16.2. The molecule has 1 atom stereocenters. The summed E-state index contributed by atoms with van der Waals surface area (Å²) < 4.78 is 27.7. The predicted octanol–water partition coefficient (Wildman–Crippen LogP) is 2.34. The van der Waals surface area contributed by atoms with Gasteiger partial charge >= 0.3 is 0 Å². The van der Waals surface area contributed by atoms with E-state index in [1.807, 2.05) is 24.3 Å². The van der Waals surface area contributed by atoms with Crippen LogP contribution in [-0.2, 0) is 14.8 Å². The van der Waals surface area contributed by atoms with E-state index in [1.54, 1.807) is 42.5 Å². The molecule has 6 heteroatoms. The first-order valence-corrected chi connectivity index (χ1v) is 8.81. The second-order valence-electron chi connectivity index (χ2n) is 5.38. The van der Waals surface area contributed by atoms with Crippen molar-refractivity contribution in [3.05, 3.63) is 78.4 Å². The summed E-state index contributed by atoms with van der Waals surface area (Å²) in [5.41, 5.74) is 5.87. The third-order valence-electron chi connectivity index (χ3n) is 3.72. The lowest BCUT2D eigenvalue weighted by molar-refractivity contribution is -0.119. The summed E-state index contributed by atoms with van der Waals surface area (Å²) in [4.78, 5) is 11.8. The number of rotatable bonds is 5. The van der Waals surface area contributed by atoms with Crippen molar-refractivity contribution in [1.29, 1.82) is 0 Å². The Morgan fingerprint density at radius 3 is 2.17 bits per heavy atom. The van der Waals surface area contributed by atoms with Crippen LogP contribution in [0.5, 0.6) is 0 Å². The minimum atomic E-state index is -3.89. The third-order valence-corrected chi connectivity index (χ3v) is 5.14. The summed E-state index contributed by atoms with van der Waals surface area (Å²) in [5, 5.41) is 1.74. The lowest BCUT2D eigenvalue weighted by Crippen LogP contribution is -2.37. The molecule has 0 saturated heterocycles. The zero-order valence-electron chi connectivity index (χ0n) is 12.7. The van der Waals surface area contributed by atoms with Crippen LogP contribution in [0.1, 0.15) is 11.6 Å². The summed E-state index contributed by atoms with van der Waals surface area (Å²) in [5.74, 6) is -0.759. The van der Waals surface area contributed by atoms with Gasteiger partial charge in [0.2, 0.25) is 15.9 Å². The molecule has 3 aromatic carbocycles. The molecule has 1 amide bonds. The van der Waals surface area contributed by atoms with Gasteiger partial charge in [-0.15, -0.1) is 0 Å². The zero-order chi connectivity index (χ0) is 17.2. The van der Waals surface area contributed by atoms with Crippen molar-refractivity contribution in [3.63, 3.8) is 0 Å². The smallest absolute Gasteiger partial charge is 0.241 e. The Morgan fingerprint density at radius 1 is 0.875 bits per heavy atom. The number of amides is 1. The van der Waals surface area contributed by atoms with Gasteiger partial charge in [-0.3, -0.25) is 4.79 Å². The lowest BCUT2D eigenvalue weighted by Gasteiger charge is -2.16. The Kier molecular flexibility index (Phi) is 4.33. The molecule has 0 fully saturated rings. The van der Waals surface area contributed by atoms with Crippen LogP contribution < -0.4 is 10.5 Å². The van der Waals surface area contributed by atoms with Gasteiger partial charge in [-0.05, 0) is 28.5 Å². The minimum absolute atomic E-state index is 0.0865. The number of hydrogen-bond acceptors (Lipinski definition) is 3. The lowest BCUT2D eigenvalue weighted by atomic mass is 10.1. The van der Waals surface area contributed by atoms with Crippen LogP contribution in [-0.4, -0.2) is 14.3 Å². The molecule has 0 aliphatic heterocycles. The van der Waals surface area contributed by atoms with Crippen molar-refractivity contribution in [3.8, 4) is 0 Å². The van der Waals surface area contributed by atoms with Crippen LogP contribution in [0.4, 0.5) is 0 Å². The first-order valence-electron chi connectivity index (χ1n) is 7.33. The number of benzene rings is 3. The van der Waals surface area contributed by atoms with Crippen molar-refractivity contribution in [2.24, 2.45) is 5.73 Å². The van der Waals surface area contributed by atoms with Crippen molar-refractivity contribution in [1.82, 2.24) is 4.72 Å². The van der Waals surface area contributed by atoms with Crippen LogP contribution in [0.25, 0.3) is 10.8 Å². The van der Waals surface area contributed by atoms with Crippen molar-refractivity contribution in [2.75, 3.05) is 0 Å². The highest BCUT2D eigenvalue weighted by Crippen LogP contribution is 2.21. The molecule has 5 nitrogen and oxygen atoms in total. The maximum absolute atomic E-state index is 12.6. The number of nitrogens with two attached hydrogens (primary N) is 1. The molecule has 0 aliphatic rings. The zero-order valence-corrected chi connectivity index (χ0v) is 13.5. The van der Waals surface area contributed by atoms with E-state index in [2.05, 4.69) is 4.72 Å². The fourth-order valence-corrected chi connectivity index (χ4v) is 3.72. The Hall–Kier alpha value is -2.70. The van der Waals surface area contributed by atoms with Gasteiger partial charge in [-0.25, -0.2) is 8.42 Å². The second-order valence-corrected chi connectivity index (χ2v) is 7.09.